The number of carboxylic acids is 1. The summed E-state index contributed by atoms with van der Waals surface area (Å²) in [7, 11) is 0.639. The number of carboxylic acid groups (broad SMARTS) is 1. The van der Waals surface area contributed by atoms with E-state index in [1.54, 1.807) is 0 Å². The topological polar surface area (TPSA) is 105 Å². The Hall–Kier alpha value is -2.66. The third-order valence-corrected chi connectivity index (χ3v) is 3.59. The van der Waals surface area contributed by atoms with Crippen molar-refractivity contribution >= 4 is 39.8 Å². The molecule has 12 heteroatoms. The number of anilines is 1. The van der Waals surface area contributed by atoms with E-state index >= 15 is 0 Å². The molecule has 0 radical (unpaired) electrons. The minimum Gasteiger partial charge on any atom is -0.550 e. The van der Waals surface area contributed by atoms with Gasteiger partial charge in [-0.25, -0.2) is 0 Å². The van der Waals surface area contributed by atoms with Gasteiger partial charge >= 0.3 is 6.18 Å². The van der Waals surface area contributed by atoms with Gasteiger partial charge in [0.1, 0.15) is 17.2 Å². The lowest BCUT2D eigenvalue weighted by molar-refractivity contribution is -0.384. The molecule has 2 rings (SSSR count). The molecule has 2 aromatic carbocycles. The fourth-order valence-corrected chi connectivity index (χ4v) is 2.28. The SMILES string of the molecule is C[S+](C)C.O=C([O-])CCNc1cc(Oc2ccc(C(F)(F)F)cc2Cl)ccc1[N+](=O)[O-]. The molecule has 0 atom stereocenters. The molecule has 0 aliphatic heterocycles. The van der Waals surface area contributed by atoms with E-state index < -0.39 is 22.6 Å². The molecule has 2 aromatic rings. The first-order chi connectivity index (χ1) is 14.3. The summed E-state index contributed by atoms with van der Waals surface area (Å²) in [6.45, 7) is -0.131. The molecule has 0 bridgehead atoms. The maximum atomic E-state index is 12.7. The molecule has 0 fully saturated rings. The van der Waals surface area contributed by atoms with Crippen molar-refractivity contribution in [3.05, 3.63) is 57.1 Å². The van der Waals surface area contributed by atoms with Crippen molar-refractivity contribution in [2.75, 3.05) is 30.6 Å². The molecule has 0 heterocycles. The van der Waals surface area contributed by atoms with Crippen molar-refractivity contribution in [3.63, 3.8) is 0 Å². The number of benzene rings is 2. The van der Waals surface area contributed by atoms with E-state index in [0.717, 1.165) is 18.2 Å². The van der Waals surface area contributed by atoms with Crippen LogP contribution in [-0.2, 0) is 21.9 Å². The van der Waals surface area contributed by atoms with Crippen LogP contribution < -0.4 is 15.2 Å². The second-order valence-electron chi connectivity index (χ2n) is 6.45. The van der Waals surface area contributed by atoms with Gasteiger partial charge in [0.2, 0.25) is 0 Å². The lowest BCUT2D eigenvalue weighted by atomic mass is 10.2. The van der Waals surface area contributed by atoms with Crippen molar-refractivity contribution in [1.82, 2.24) is 0 Å². The van der Waals surface area contributed by atoms with E-state index in [9.17, 15) is 33.2 Å². The van der Waals surface area contributed by atoms with E-state index in [-0.39, 0.29) is 40.9 Å². The summed E-state index contributed by atoms with van der Waals surface area (Å²) in [6, 6.07) is 6.05. The molecule has 0 amide bonds. The molecule has 0 aliphatic rings. The van der Waals surface area contributed by atoms with Gasteiger partial charge in [-0.05, 0) is 35.2 Å². The Morgan fingerprint density at radius 1 is 1.19 bits per heavy atom. The maximum Gasteiger partial charge on any atom is 0.416 e. The fraction of sp³-hybridized carbons (Fsp3) is 0.316. The Morgan fingerprint density at radius 2 is 1.81 bits per heavy atom. The van der Waals surface area contributed by atoms with E-state index in [1.807, 2.05) is 0 Å². The number of nitro groups is 1. The Kier molecular flexibility index (Phi) is 9.92. The predicted octanol–water partition coefficient (Wildman–Crippen LogP) is 4.11. The third-order valence-electron chi connectivity index (χ3n) is 3.30. The summed E-state index contributed by atoms with van der Waals surface area (Å²) in [4.78, 5) is 20.8. The number of nitrogens with one attached hydrogen (secondary N) is 1. The lowest BCUT2D eigenvalue weighted by Gasteiger charge is -2.13. The highest BCUT2D eigenvalue weighted by Crippen LogP contribution is 2.37. The number of alkyl halides is 3. The third kappa shape index (κ3) is 9.35. The highest BCUT2D eigenvalue weighted by molar-refractivity contribution is 7.94. The fourth-order valence-electron chi connectivity index (χ4n) is 2.07. The molecule has 1 N–H and O–H groups in total. The zero-order chi connectivity index (χ0) is 23.8. The molecule has 0 aliphatic carbocycles. The maximum absolute atomic E-state index is 12.7. The molecule has 31 heavy (non-hydrogen) atoms. The van der Waals surface area contributed by atoms with Crippen LogP contribution in [0.2, 0.25) is 5.02 Å². The number of carbonyl (C=O) groups is 1. The van der Waals surface area contributed by atoms with Gasteiger partial charge in [-0.2, -0.15) is 13.2 Å². The van der Waals surface area contributed by atoms with Crippen LogP contribution in [0.1, 0.15) is 12.0 Å². The lowest BCUT2D eigenvalue weighted by Crippen LogP contribution is -2.24. The smallest absolute Gasteiger partial charge is 0.416 e. The quantitative estimate of drug-likeness (QED) is 0.363. The first-order valence-electron chi connectivity index (χ1n) is 8.57. The van der Waals surface area contributed by atoms with Gasteiger partial charge < -0.3 is 20.0 Å². The van der Waals surface area contributed by atoms with Crippen molar-refractivity contribution in [2.24, 2.45) is 0 Å². The van der Waals surface area contributed by atoms with Crippen LogP contribution in [0, 0.1) is 10.1 Å². The van der Waals surface area contributed by atoms with E-state index in [0.29, 0.717) is 17.0 Å². The summed E-state index contributed by atoms with van der Waals surface area (Å²) in [5.41, 5.74) is -1.31. The highest BCUT2D eigenvalue weighted by Gasteiger charge is 2.31. The minimum atomic E-state index is -4.56. The average Bonchev–Trinajstić information content (AvgIpc) is 2.61. The van der Waals surface area contributed by atoms with Gasteiger partial charge in [0.05, 0.1) is 34.3 Å². The second-order valence-corrected chi connectivity index (χ2v) is 9.31. The molecular formula is C19H20ClF3N2O5S. The number of nitrogens with zero attached hydrogens (tertiary/aromatic N) is 1. The molecule has 0 saturated heterocycles. The van der Waals surface area contributed by atoms with Crippen molar-refractivity contribution in [1.29, 1.82) is 0 Å². The summed E-state index contributed by atoms with van der Waals surface area (Å²) >= 11 is 5.80. The summed E-state index contributed by atoms with van der Waals surface area (Å²) in [6.07, 6.45) is 1.64. The Balaban J connectivity index is 0.00000110. The Labute approximate surface area is 184 Å². The normalized spacial score (nSPS) is 10.8. The van der Waals surface area contributed by atoms with Crippen LogP contribution in [0.5, 0.6) is 11.5 Å². The molecular weight excluding hydrogens is 461 g/mol. The molecule has 0 aromatic heterocycles. The Bertz CT molecular complexity index is 923. The average molecular weight is 481 g/mol. The minimum absolute atomic E-state index is 0.0261. The van der Waals surface area contributed by atoms with Crippen LogP contribution >= 0.6 is 11.6 Å². The molecule has 0 saturated carbocycles. The number of aliphatic carboxylic acids is 1. The van der Waals surface area contributed by atoms with Gasteiger partial charge in [0.25, 0.3) is 5.69 Å². The highest BCUT2D eigenvalue weighted by atomic mass is 35.5. The number of rotatable bonds is 7. The van der Waals surface area contributed by atoms with E-state index in [2.05, 4.69) is 24.1 Å². The second kappa shape index (κ2) is 11.7. The Morgan fingerprint density at radius 3 is 2.29 bits per heavy atom. The molecule has 0 unspecified atom stereocenters. The number of halogens is 4. The number of carbonyl (C=O) groups excluding carboxylic acids is 1. The van der Waals surface area contributed by atoms with Crippen molar-refractivity contribution in [2.45, 2.75) is 12.6 Å². The van der Waals surface area contributed by atoms with Crippen LogP contribution in [0.15, 0.2) is 36.4 Å². The predicted molar refractivity (Wildman–Crippen MR) is 113 cm³/mol. The summed E-state index contributed by atoms with van der Waals surface area (Å²) in [5.74, 6) is -1.37. The standard InChI is InChI=1S/C16H12ClF3N2O5.C3H9S/c17-11-7-9(16(18,19)20)1-4-14(11)27-10-2-3-13(22(25)26)12(8-10)21-6-5-15(23)24;1-4(2)3/h1-4,7-8,21H,5-6H2,(H,23,24);1-3H3/q;+1/p-1. The zero-order valence-electron chi connectivity index (χ0n) is 16.8. The van der Waals surface area contributed by atoms with Gasteiger partial charge in [0.15, 0.2) is 0 Å². The van der Waals surface area contributed by atoms with Gasteiger partial charge in [-0.3, -0.25) is 10.1 Å². The monoisotopic (exact) mass is 480 g/mol. The largest absolute Gasteiger partial charge is 0.550 e. The van der Waals surface area contributed by atoms with Gasteiger partial charge in [-0.1, -0.05) is 11.6 Å². The summed E-state index contributed by atoms with van der Waals surface area (Å²) in [5, 5.41) is 23.8. The van der Waals surface area contributed by atoms with Gasteiger partial charge in [0, 0.05) is 31.1 Å². The van der Waals surface area contributed by atoms with E-state index in [1.165, 1.54) is 12.1 Å². The molecule has 170 valence electrons. The molecule has 7 nitrogen and oxygen atoms in total. The number of hydrogen-bond donors (Lipinski definition) is 1. The first-order valence-corrected chi connectivity index (χ1v) is 11.4. The van der Waals surface area contributed by atoms with Crippen LogP contribution in [0.4, 0.5) is 24.5 Å². The zero-order valence-corrected chi connectivity index (χ0v) is 18.4. The molecule has 0 spiro atoms. The van der Waals surface area contributed by atoms with Crippen LogP contribution in [0.3, 0.4) is 0 Å². The first kappa shape index (κ1) is 26.4. The summed E-state index contributed by atoms with van der Waals surface area (Å²) < 4.78 is 43.4. The number of ether oxygens (including phenoxy) is 1. The van der Waals surface area contributed by atoms with Crippen LogP contribution in [-0.4, -0.2) is 36.2 Å². The van der Waals surface area contributed by atoms with Crippen molar-refractivity contribution < 1.29 is 32.7 Å². The number of nitro benzene ring substituents is 1. The van der Waals surface area contributed by atoms with Gasteiger partial charge in [-0.15, -0.1) is 0 Å². The van der Waals surface area contributed by atoms with Crippen LogP contribution in [0.25, 0.3) is 0 Å². The number of hydrogen-bond acceptors (Lipinski definition) is 6. The van der Waals surface area contributed by atoms with E-state index in [4.69, 9.17) is 16.3 Å². The van der Waals surface area contributed by atoms with Crippen molar-refractivity contribution in [3.8, 4) is 11.5 Å².